The first-order valence-electron chi connectivity index (χ1n) is 11.3. The minimum Gasteiger partial charge on any atom is -0.309 e. The van der Waals surface area contributed by atoms with Crippen LogP contribution < -0.4 is 5.43 Å². The predicted octanol–water partition coefficient (Wildman–Crippen LogP) is 7.88. The number of carbonyl (C=O) groups is 1. The van der Waals surface area contributed by atoms with Crippen molar-refractivity contribution in [2.45, 2.75) is 0 Å². The molecular weight excluding hydrogens is 489 g/mol. The fourth-order valence-corrected chi connectivity index (χ4v) is 4.41. The molecule has 0 fully saturated rings. The molecule has 0 aliphatic heterocycles. The molecule has 0 saturated heterocycles. The van der Waals surface area contributed by atoms with Crippen LogP contribution in [0.4, 0.5) is 0 Å². The van der Waals surface area contributed by atoms with Crippen molar-refractivity contribution in [1.29, 1.82) is 0 Å². The van der Waals surface area contributed by atoms with E-state index in [2.05, 4.69) is 45.4 Å². The first kappa shape index (κ1) is 23.6. The minimum atomic E-state index is -0.376. The number of aromatic nitrogens is 1. The zero-order valence-corrected chi connectivity index (χ0v) is 20.6. The van der Waals surface area contributed by atoms with E-state index in [9.17, 15) is 4.79 Å². The van der Waals surface area contributed by atoms with Gasteiger partial charge in [-0.1, -0.05) is 96.0 Å². The summed E-state index contributed by atoms with van der Waals surface area (Å²) in [7, 11) is 0. The Morgan fingerprint density at radius 2 is 1.36 bits per heavy atom. The first-order chi connectivity index (χ1) is 17.6. The molecule has 0 spiro atoms. The van der Waals surface area contributed by atoms with Gasteiger partial charge in [0.1, 0.15) is 0 Å². The summed E-state index contributed by atoms with van der Waals surface area (Å²) in [5.41, 5.74) is 8.74. The molecule has 0 aliphatic rings. The van der Waals surface area contributed by atoms with E-state index in [1.807, 2.05) is 60.7 Å². The summed E-state index contributed by atoms with van der Waals surface area (Å²) >= 11 is 12.4. The fourth-order valence-electron chi connectivity index (χ4n) is 4.07. The zero-order valence-electron chi connectivity index (χ0n) is 19.1. The smallest absolute Gasteiger partial charge is 0.272 e. The molecule has 0 radical (unpaired) electrons. The summed E-state index contributed by atoms with van der Waals surface area (Å²) in [5.74, 6) is -0.376. The van der Waals surface area contributed by atoms with Gasteiger partial charge in [0.15, 0.2) is 0 Å². The Balaban J connectivity index is 1.64. The van der Waals surface area contributed by atoms with E-state index in [-0.39, 0.29) is 5.91 Å². The number of halogens is 2. The summed E-state index contributed by atoms with van der Waals surface area (Å²) in [6, 6.07) is 36.9. The van der Waals surface area contributed by atoms with Crippen molar-refractivity contribution < 1.29 is 4.79 Å². The molecule has 1 N–H and O–H groups in total. The van der Waals surface area contributed by atoms with Crippen LogP contribution in [0.5, 0.6) is 0 Å². The van der Waals surface area contributed by atoms with Crippen LogP contribution in [-0.2, 0) is 0 Å². The number of benzene rings is 4. The Morgan fingerprint density at radius 3 is 2.03 bits per heavy atom. The number of hydrogen-bond acceptors (Lipinski definition) is 2. The second-order valence-corrected chi connectivity index (χ2v) is 8.90. The Morgan fingerprint density at radius 1 is 0.750 bits per heavy atom. The van der Waals surface area contributed by atoms with E-state index in [1.165, 1.54) is 0 Å². The average molecular weight is 510 g/mol. The molecule has 5 rings (SSSR count). The van der Waals surface area contributed by atoms with Crippen molar-refractivity contribution in [3.63, 3.8) is 0 Å². The molecule has 1 heterocycles. The maximum atomic E-state index is 12.6. The quantitative estimate of drug-likeness (QED) is 0.183. The Labute approximate surface area is 219 Å². The highest BCUT2D eigenvalue weighted by Gasteiger charge is 2.19. The zero-order chi connectivity index (χ0) is 24.9. The van der Waals surface area contributed by atoms with Crippen molar-refractivity contribution >= 4 is 35.3 Å². The molecule has 5 aromatic rings. The summed E-state index contributed by atoms with van der Waals surface area (Å²) in [4.78, 5) is 12.6. The monoisotopic (exact) mass is 509 g/mol. The molecule has 0 unspecified atom stereocenters. The van der Waals surface area contributed by atoms with E-state index in [0.29, 0.717) is 15.6 Å². The van der Waals surface area contributed by atoms with Crippen molar-refractivity contribution in [3.05, 3.63) is 136 Å². The van der Waals surface area contributed by atoms with Gasteiger partial charge in [-0.15, -0.1) is 0 Å². The van der Waals surface area contributed by atoms with Crippen LogP contribution in [0, 0.1) is 0 Å². The van der Waals surface area contributed by atoms with Gasteiger partial charge < -0.3 is 4.57 Å². The van der Waals surface area contributed by atoms with Crippen molar-refractivity contribution in [2.75, 3.05) is 0 Å². The van der Waals surface area contributed by atoms with E-state index in [4.69, 9.17) is 23.2 Å². The highest BCUT2D eigenvalue weighted by Crippen LogP contribution is 2.35. The third-order valence-electron chi connectivity index (χ3n) is 5.72. The van der Waals surface area contributed by atoms with Gasteiger partial charge in [-0.25, -0.2) is 5.43 Å². The van der Waals surface area contributed by atoms with E-state index in [1.54, 1.807) is 30.5 Å². The number of amides is 1. The van der Waals surface area contributed by atoms with Gasteiger partial charge in [0.25, 0.3) is 5.91 Å². The van der Waals surface area contributed by atoms with Crippen LogP contribution in [0.3, 0.4) is 0 Å². The Kier molecular flexibility index (Phi) is 6.99. The SMILES string of the molecule is O=C(N/N=C/c1cc(-c2ccccc2)n(-c2ccc(Cl)cc2)c1-c1ccccc1)c1ccccc1Cl. The van der Waals surface area contributed by atoms with Gasteiger partial charge in [0.05, 0.1) is 28.2 Å². The minimum absolute atomic E-state index is 0.364. The lowest BCUT2D eigenvalue weighted by Gasteiger charge is -2.15. The van der Waals surface area contributed by atoms with Gasteiger partial charge in [0, 0.05) is 16.3 Å². The van der Waals surface area contributed by atoms with E-state index in [0.717, 1.165) is 33.8 Å². The van der Waals surface area contributed by atoms with Crippen LogP contribution >= 0.6 is 23.2 Å². The van der Waals surface area contributed by atoms with Crippen LogP contribution in [0.2, 0.25) is 10.0 Å². The topological polar surface area (TPSA) is 46.4 Å². The number of nitrogens with one attached hydrogen (secondary N) is 1. The Bertz CT molecular complexity index is 1530. The number of hydrazone groups is 1. The second-order valence-electron chi connectivity index (χ2n) is 8.06. The largest absolute Gasteiger partial charge is 0.309 e. The highest BCUT2D eigenvalue weighted by atomic mass is 35.5. The maximum absolute atomic E-state index is 12.6. The van der Waals surface area contributed by atoms with Gasteiger partial charge in [-0.05, 0) is 53.6 Å². The molecular formula is C30H21Cl2N3O. The van der Waals surface area contributed by atoms with Crippen molar-refractivity contribution in [3.8, 4) is 28.2 Å². The molecule has 0 saturated carbocycles. The average Bonchev–Trinajstić information content (AvgIpc) is 3.29. The summed E-state index contributed by atoms with van der Waals surface area (Å²) in [6.45, 7) is 0. The van der Waals surface area contributed by atoms with Gasteiger partial charge in [0.2, 0.25) is 0 Å². The van der Waals surface area contributed by atoms with E-state index < -0.39 is 0 Å². The lowest BCUT2D eigenvalue weighted by Crippen LogP contribution is -2.18. The molecule has 1 amide bonds. The summed E-state index contributed by atoms with van der Waals surface area (Å²) in [6.07, 6.45) is 1.66. The van der Waals surface area contributed by atoms with Gasteiger partial charge >= 0.3 is 0 Å². The standard InChI is InChI=1S/C30H21Cl2N3O/c31-24-15-17-25(18-16-24)35-28(21-9-3-1-4-10-21)19-23(29(35)22-11-5-2-6-12-22)20-33-34-30(36)26-13-7-8-14-27(26)32/h1-20H,(H,34,36)/b33-20+. The molecule has 176 valence electrons. The molecule has 36 heavy (non-hydrogen) atoms. The van der Waals surface area contributed by atoms with Gasteiger partial charge in [-0.3, -0.25) is 4.79 Å². The fraction of sp³-hybridized carbons (Fsp3) is 0. The second kappa shape index (κ2) is 10.6. The normalized spacial score (nSPS) is 11.1. The van der Waals surface area contributed by atoms with Crippen LogP contribution in [-0.4, -0.2) is 16.7 Å². The molecule has 0 atom stereocenters. The van der Waals surface area contributed by atoms with Gasteiger partial charge in [-0.2, -0.15) is 5.10 Å². The highest BCUT2D eigenvalue weighted by molar-refractivity contribution is 6.33. The summed E-state index contributed by atoms with van der Waals surface area (Å²) < 4.78 is 2.18. The maximum Gasteiger partial charge on any atom is 0.272 e. The number of carbonyl (C=O) groups excluding carboxylic acids is 1. The molecule has 4 nitrogen and oxygen atoms in total. The molecule has 1 aromatic heterocycles. The lowest BCUT2D eigenvalue weighted by molar-refractivity contribution is 0.0955. The predicted molar refractivity (Wildman–Crippen MR) is 148 cm³/mol. The molecule has 0 bridgehead atoms. The van der Waals surface area contributed by atoms with Crippen LogP contribution in [0.25, 0.3) is 28.2 Å². The third-order valence-corrected chi connectivity index (χ3v) is 6.30. The lowest BCUT2D eigenvalue weighted by atomic mass is 10.1. The molecule has 4 aromatic carbocycles. The third kappa shape index (κ3) is 4.96. The van der Waals surface area contributed by atoms with Crippen molar-refractivity contribution in [1.82, 2.24) is 9.99 Å². The molecule has 0 aliphatic carbocycles. The van der Waals surface area contributed by atoms with Crippen molar-refractivity contribution in [2.24, 2.45) is 5.10 Å². The number of rotatable bonds is 6. The summed E-state index contributed by atoms with van der Waals surface area (Å²) in [5, 5.41) is 5.32. The Hall–Kier alpha value is -4.12. The van der Waals surface area contributed by atoms with E-state index >= 15 is 0 Å². The number of nitrogens with zero attached hydrogens (tertiary/aromatic N) is 2. The first-order valence-corrected chi connectivity index (χ1v) is 12.1. The number of hydrogen-bond donors (Lipinski definition) is 1. The van der Waals surface area contributed by atoms with Crippen LogP contribution in [0.15, 0.2) is 120 Å². The molecule has 6 heteroatoms. The van der Waals surface area contributed by atoms with Crippen LogP contribution in [0.1, 0.15) is 15.9 Å².